The smallest absolute Gasteiger partial charge is 0.306 e. The summed E-state index contributed by atoms with van der Waals surface area (Å²) in [5, 5.41) is 0. The van der Waals surface area contributed by atoms with Crippen LogP contribution in [-0.4, -0.2) is 37.2 Å². The molecule has 0 rings (SSSR count). The van der Waals surface area contributed by atoms with E-state index < -0.39 is 6.10 Å². The number of carbonyl (C=O) groups is 3. The zero-order valence-electron chi connectivity index (χ0n) is 42.9. The molecule has 0 saturated carbocycles. The minimum absolute atomic E-state index is 0.112. The van der Waals surface area contributed by atoms with Crippen LogP contribution in [0.3, 0.4) is 0 Å². The van der Waals surface area contributed by atoms with E-state index in [2.05, 4.69) is 81.5 Å². The largest absolute Gasteiger partial charge is 0.462 e. The summed E-state index contributed by atoms with van der Waals surface area (Å²) < 4.78 is 16.8. The lowest BCUT2D eigenvalue weighted by Gasteiger charge is -2.18. The van der Waals surface area contributed by atoms with Crippen molar-refractivity contribution in [2.75, 3.05) is 13.2 Å². The van der Waals surface area contributed by atoms with E-state index in [9.17, 15) is 14.4 Å². The van der Waals surface area contributed by atoms with Gasteiger partial charge in [-0.25, -0.2) is 0 Å². The Kier molecular flexibility index (Phi) is 50.6. The Morgan fingerprint density at radius 2 is 0.657 bits per heavy atom. The van der Waals surface area contributed by atoms with Crippen LogP contribution in [0, 0.1) is 0 Å². The second kappa shape index (κ2) is 54.2. The zero-order chi connectivity index (χ0) is 48.6. The third-order valence-electron chi connectivity index (χ3n) is 10.8. The van der Waals surface area contributed by atoms with Gasteiger partial charge >= 0.3 is 17.9 Å². The summed E-state index contributed by atoms with van der Waals surface area (Å²) in [6, 6.07) is 0. The van der Waals surface area contributed by atoms with Crippen molar-refractivity contribution in [3.63, 3.8) is 0 Å². The van der Waals surface area contributed by atoms with Crippen molar-refractivity contribution in [3.8, 4) is 0 Å². The minimum Gasteiger partial charge on any atom is -0.462 e. The lowest BCUT2D eigenvalue weighted by Crippen LogP contribution is -2.30. The molecular weight excluding hydrogens is 829 g/mol. The third kappa shape index (κ3) is 52.4. The Balaban J connectivity index is 4.54. The first-order valence-corrected chi connectivity index (χ1v) is 26.8. The van der Waals surface area contributed by atoms with Gasteiger partial charge in [-0.2, -0.15) is 0 Å². The Morgan fingerprint density at radius 1 is 0.328 bits per heavy atom. The highest BCUT2D eigenvalue weighted by Crippen LogP contribution is 2.13. The highest BCUT2D eigenvalue weighted by molar-refractivity contribution is 5.71. The fourth-order valence-electron chi connectivity index (χ4n) is 6.86. The second-order valence-corrected chi connectivity index (χ2v) is 17.2. The van der Waals surface area contributed by atoms with Crippen LogP contribution >= 0.6 is 0 Å². The van der Waals surface area contributed by atoms with Gasteiger partial charge < -0.3 is 14.2 Å². The van der Waals surface area contributed by atoms with E-state index in [1.165, 1.54) is 51.4 Å². The first kappa shape index (κ1) is 62.5. The fourth-order valence-corrected chi connectivity index (χ4v) is 6.86. The molecule has 0 N–H and O–H groups in total. The van der Waals surface area contributed by atoms with E-state index in [0.29, 0.717) is 19.3 Å². The number of unbranched alkanes of at least 4 members (excludes halogenated alkanes) is 20. The van der Waals surface area contributed by atoms with Crippen molar-refractivity contribution in [3.05, 3.63) is 134 Å². The molecule has 0 aliphatic rings. The van der Waals surface area contributed by atoms with Crippen LogP contribution in [0.4, 0.5) is 0 Å². The minimum atomic E-state index is -0.816. The summed E-state index contributed by atoms with van der Waals surface area (Å²) >= 11 is 0. The molecule has 0 spiro atoms. The van der Waals surface area contributed by atoms with Gasteiger partial charge in [0.1, 0.15) is 13.2 Å². The lowest BCUT2D eigenvalue weighted by molar-refractivity contribution is -0.167. The molecule has 0 radical (unpaired) electrons. The number of esters is 3. The molecule has 1 unspecified atom stereocenters. The van der Waals surface area contributed by atoms with E-state index in [0.717, 1.165) is 122 Å². The Bertz CT molecular complexity index is 1480. The van der Waals surface area contributed by atoms with E-state index >= 15 is 0 Å². The van der Waals surface area contributed by atoms with Gasteiger partial charge in [-0.05, 0) is 89.9 Å². The summed E-state index contributed by atoms with van der Waals surface area (Å²) in [4.78, 5) is 38.0. The van der Waals surface area contributed by atoms with E-state index in [1.807, 2.05) is 72.9 Å². The number of hydrogen-bond donors (Lipinski definition) is 0. The third-order valence-corrected chi connectivity index (χ3v) is 10.8. The van der Waals surface area contributed by atoms with Gasteiger partial charge in [0.25, 0.3) is 0 Å². The number of allylic oxidation sites excluding steroid dienone is 22. The van der Waals surface area contributed by atoms with Crippen LogP contribution in [0.15, 0.2) is 134 Å². The first-order valence-electron chi connectivity index (χ1n) is 26.8. The SMILES string of the molecule is CC\C=C/C=C\C=C/C=C\C=C\C=C/C=C\CCCCCC(=O)OCC(COC(=O)CCCCCCC/C=C\C/C=C\CC)OC(=O)CCCCCCC/C=C\C=C/CCCCCCCCC. The molecule has 0 aromatic heterocycles. The Morgan fingerprint density at radius 3 is 1.10 bits per heavy atom. The van der Waals surface area contributed by atoms with Gasteiger partial charge in [-0.3, -0.25) is 14.4 Å². The Labute approximate surface area is 411 Å². The molecule has 67 heavy (non-hydrogen) atoms. The van der Waals surface area contributed by atoms with Crippen molar-refractivity contribution in [1.82, 2.24) is 0 Å². The van der Waals surface area contributed by atoms with Gasteiger partial charge in [0.15, 0.2) is 6.10 Å². The molecule has 0 fully saturated rings. The van der Waals surface area contributed by atoms with Gasteiger partial charge in [0.2, 0.25) is 0 Å². The molecular formula is C61H96O6. The summed E-state index contributed by atoms with van der Waals surface area (Å²) in [6.45, 7) is 6.30. The van der Waals surface area contributed by atoms with Crippen LogP contribution in [0.25, 0.3) is 0 Å². The average molecular weight is 925 g/mol. The van der Waals surface area contributed by atoms with Gasteiger partial charge in [-0.15, -0.1) is 0 Å². The van der Waals surface area contributed by atoms with Crippen LogP contribution in [-0.2, 0) is 28.6 Å². The molecule has 6 heteroatoms. The van der Waals surface area contributed by atoms with Gasteiger partial charge in [0, 0.05) is 19.3 Å². The van der Waals surface area contributed by atoms with Crippen molar-refractivity contribution < 1.29 is 28.6 Å². The number of ether oxygens (including phenoxy) is 3. The number of rotatable bonds is 46. The topological polar surface area (TPSA) is 78.9 Å². The van der Waals surface area contributed by atoms with Crippen molar-refractivity contribution in [1.29, 1.82) is 0 Å². The Hall–Kier alpha value is -4.45. The molecule has 0 amide bonds. The predicted octanol–water partition coefficient (Wildman–Crippen LogP) is 17.9. The quantitative estimate of drug-likeness (QED) is 0.0199. The number of carbonyl (C=O) groups excluding carboxylic acids is 3. The standard InChI is InChI=1S/C61H96O6/c1-4-7-10-13-16-19-22-25-27-29-31-33-34-36-39-42-45-48-51-54-60(63)66-57-58(56-65-59(62)53-50-47-44-41-38-24-21-18-15-12-9-6-3)67-61(64)55-52-49-46-43-40-37-35-32-30-28-26-23-20-17-14-11-8-5-2/h7,9-10,12-13,16,18-19,21-22,25,27-36,39,58H,4-6,8,11,14-15,17,20,23-24,26,37-38,40-57H2,1-3H3/b10-7-,12-9-,16-13-,21-18-,22-19-,27-25-,30-28-,31-29+,34-33-,35-32-,39-36-. The maximum atomic E-state index is 12.8. The highest BCUT2D eigenvalue weighted by atomic mass is 16.6. The van der Waals surface area contributed by atoms with Crippen molar-refractivity contribution in [2.24, 2.45) is 0 Å². The number of hydrogen-bond acceptors (Lipinski definition) is 6. The molecule has 0 aromatic rings. The monoisotopic (exact) mass is 925 g/mol. The maximum absolute atomic E-state index is 12.8. The summed E-state index contributed by atoms with van der Waals surface area (Å²) in [5.74, 6) is -0.995. The molecule has 376 valence electrons. The molecule has 0 bridgehead atoms. The summed E-state index contributed by atoms with van der Waals surface area (Å²) in [6.07, 6.45) is 75.7. The van der Waals surface area contributed by atoms with Gasteiger partial charge in [0.05, 0.1) is 0 Å². The van der Waals surface area contributed by atoms with E-state index in [4.69, 9.17) is 14.2 Å². The second-order valence-electron chi connectivity index (χ2n) is 17.2. The summed E-state index contributed by atoms with van der Waals surface area (Å²) in [7, 11) is 0. The highest BCUT2D eigenvalue weighted by Gasteiger charge is 2.19. The van der Waals surface area contributed by atoms with Crippen molar-refractivity contribution >= 4 is 17.9 Å². The zero-order valence-corrected chi connectivity index (χ0v) is 42.9. The van der Waals surface area contributed by atoms with Crippen LogP contribution in [0.1, 0.15) is 213 Å². The molecule has 0 aliphatic heterocycles. The molecule has 0 heterocycles. The predicted molar refractivity (Wildman–Crippen MR) is 288 cm³/mol. The molecule has 0 aliphatic carbocycles. The van der Waals surface area contributed by atoms with Crippen LogP contribution in [0.5, 0.6) is 0 Å². The molecule has 0 aromatic carbocycles. The molecule has 6 nitrogen and oxygen atoms in total. The van der Waals surface area contributed by atoms with Gasteiger partial charge in [-0.1, -0.05) is 238 Å². The molecule has 0 saturated heterocycles. The molecule has 1 atom stereocenters. The maximum Gasteiger partial charge on any atom is 0.306 e. The van der Waals surface area contributed by atoms with Crippen molar-refractivity contribution in [2.45, 2.75) is 219 Å². The first-order chi connectivity index (χ1) is 33.0. The lowest BCUT2D eigenvalue weighted by atomic mass is 10.1. The summed E-state index contributed by atoms with van der Waals surface area (Å²) in [5.41, 5.74) is 0. The van der Waals surface area contributed by atoms with Crippen LogP contribution < -0.4 is 0 Å². The van der Waals surface area contributed by atoms with Crippen LogP contribution in [0.2, 0.25) is 0 Å². The average Bonchev–Trinajstić information content (AvgIpc) is 3.33. The van der Waals surface area contributed by atoms with E-state index in [1.54, 1.807) is 0 Å². The normalized spacial score (nSPS) is 13.2. The van der Waals surface area contributed by atoms with E-state index in [-0.39, 0.29) is 31.1 Å². The fraction of sp³-hybridized carbons (Fsp3) is 0.590.